The summed E-state index contributed by atoms with van der Waals surface area (Å²) >= 11 is 0. The number of carbonyl (C=O) groups is 1. The molecule has 70 valence electrons. The summed E-state index contributed by atoms with van der Waals surface area (Å²) in [6, 6.07) is 0.208. The molecule has 1 heterocycles. The number of nitrogens with one attached hydrogen (secondary N) is 1. The molecule has 1 aliphatic heterocycles. The zero-order valence-electron chi connectivity index (χ0n) is 8.18. The van der Waals surface area contributed by atoms with E-state index in [4.69, 9.17) is 4.74 Å². The first-order valence-corrected chi connectivity index (χ1v) is 4.35. The van der Waals surface area contributed by atoms with Gasteiger partial charge in [0.05, 0.1) is 12.5 Å². The molecular formula is C9H17NO2. The van der Waals surface area contributed by atoms with Gasteiger partial charge in [-0.15, -0.1) is 0 Å². The van der Waals surface area contributed by atoms with E-state index < -0.39 is 0 Å². The lowest BCUT2D eigenvalue weighted by atomic mass is 9.76. The quantitative estimate of drug-likeness (QED) is 0.593. The number of esters is 1. The van der Waals surface area contributed by atoms with Gasteiger partial charge in [0.15, 0.2) is 0 Å². The van der Waals surface area contributed by atoms with Crippen LogP contribution in [0.1, 0.15) is 20.8 Å². The Balaban J connectivity index is 2.86. The van der Waals surface area contributed by atoms with Crippen LogP contribution in [0.3, 0.4) is 0 Å². The van der Waals surface area contributed by atoms with E-state index in [1.54, 1.807) is 0 Å². The summed E-state index contributed by atoms with van der Waals surface area (Å²) in [7, 11) is 1.45. The highest BCUT2D eigenvalue weighted by molar-refractivity contribution is 5.78. The molecule has 3 nitrogen and oxygen atoms in total. The Morgan fingerprint density at radius 1 is 1.58 bits per heavy atom. The largest absolute Gasteiger partial charge is 0.469 e. The van der Waals surface area contributed by atoms with Crippen LogP contribution in [-0.4, -0.2) is 25.7 Å². The molecule has 0 spiro atoms. The highest BCUT2D eigenvalue weighted by atomic mass is 16.5. The van der Waals surface area contributed by atoms with Crippen molar-refractivity contribution in [3.05, 3.63) is 0 Å². The van der Waals surface area contributed by atoms with Crippen LogP contribution in [0.2, 0.25) is 0 Å². The van der Waals surface area contributed by atoms with E-state index in [2.05, 4.69) is 12.2 Å². The zero-order chi connectivity index (χ0) is 9.35. The van der Waals surface area contributed by atoms with Gasteiger partial charge in [-0.3, -0.25) is 4.79 Å². The van der Waals surface area contributed by atoms with Crippen molar-refractivity contribution in [2.75, 3.05) is 13.7 Å². The van der Waals surface area contributed by atoms with Gasteiger partial charge in [0.1, 0.15) is 0 Å². The molecular weight excluding hydrogens is 154 g/mol. The molecule has 3 heteroatoms. The second-order valence-electron chi connectivity index (χ2n) is 3.81. The standard InChI is InChI=1S/C9H17NO2/c1-6-5-10-7(2)9(6,3)8(11)12-4/h6-7,10H,5H2,1-4H3/t6-,7+,9+/m1/s1. The SMILES string of the molecule is COC(=O)[C@@]1(C)[C@H](C)CN[C@H]1C. The molecule has 1 N–H and O–H groups in total. The molecule has 1 saturated heterocycles. The van der Waals surface area contributed by atoms with Crippen LogP contribution in [0, 0.1) is 11.3 Å². The van der Waals surface area contributed by atoms with Crippen molar-refractivity contribution >= 4 is 5.97 Å². The highest BCUT2D eigenvalue weighted by Gasteiger charge is 2.48. The normalized spacial score (nSPS) is 41.3. The third-order valence-electron chi connectivity index (χ3n) is 3.28. The number of carbonyl (C=O) groups excluding carboxylic acids is 1. The maximum Gasteiger partial charge on any atom is 0.313 e. The van der Waals surface area contributed by atoms with Gasteiger partial charge in [0.25, 0.3) is 0 Å². The average Bonchev–Trinajstić information content (AvgIpc) is 2.32. The lowest BCUT2D eigenvalue weighted by molar-refractivity contribution is -0.154. The van der Waals surface area contributed by atoms with E-state index in [9.17, 15) is 4.79 Å². The lowest BCUT2D eigenvalue weighted by Gasteiger charge is -2.29. The van der Waals surface area contributed by atoms with Crippen LogP contribution in [-0.2, 0) is 9.53 Å². The van der Waals surface area contributed by atoms with Crippen LogP contribution >= 0.6 is 0 Å². The van der Waals surface area contributed by atoms with E-state index in [0.717, 1.165) is 6.54 Å². The molecule has 1 fully saturated rings. The molecule has 0 aromatic carbocycles. The van der Waals surface area contributed by atoms with E-state index in [1.807, 2.05) is 13.8 Å². The van der Waals surface area contributed by atoms with Gasteiger partial charge >= 0.3 is 5.97 Å². The maximum atomic E-state index is 11.5. The van der Waals surface area contributed by atoms with Gasteiger partial charge < -0.3 is 10.1 Å². The van der Waals surface area contributed by atoms with Gasteiger partial charge in [-0.05, 0) is 26.3 Å². The van der Waals surface area contributed by atoms with E-state index in [0.29, 0.717) is 5.92 Å². The van der Waals surface area contributed by atoms with Gasteiger partial charge in [0.2, 0.25) is 0 Å². The Labute approximate surface area is 73.5 Å². The summed E-state index contributed by atoms with van der Waals surface area (Å²) in [6.07, 6.45) is 0. The zero-order valence-corrected chi connectivity index (χ0v) is 8.18. The van der Waals surface area contributed by atoms with E-state index in [-0.39, 0.29) is 17.4 Å². The monoisotopic (exact) mass is 171 g/mol. The molecule has 3 atom stereocenters. The fourth-order valence-corrected chi connectivity index (χ4v) is 1.80. The first kappa shape index (κ1) is 9.52. The van der Waals surface area contributed by atoms with Crippen molar-refractivity contribution < 1.29 is 9.53 Å². The molecule has 0 aromatic heterocycles. The first-order valence-electron chi connectivity index (χ1n) is 4.35. The molecule has 0 aliphatic carbocycles. The Morgan fingerprint density at radius 2 is 2.17 bits per heavy atom. The predicted octanol–water partition coefficient (Wildman–Crippen LogP) is 0.793. The van der Waals surface area contributed by atoms with Crippen molar-refractivity contribution in [1.82, 2.24) is 5.32 Å². The maximum absolute atomic E-state index is 11.5. The van der Waals surface area contributed by atoms with Crippen LogP contribution in [0.15, 0.2) is 0 Å². The van der Waals surface area contributed by atoms with Crippen molar-refractivity contribution in [3.8, 4) is 0 Å². The summed E-state index contributed by atoms with van der Waals surface area (Å²) in [5.74, 6) is 0.243. The van der Waals surface area contributed by atoms with Crippen molar-refractivity contribution in [2.24, 2.45) is 11.3 Å². The van der Waals surface area contributed by atoms with Gasteiger partial charge in [-0.25, -0.2) is 0 Å². The molecule has 0 unspecified atom stereocenters. The third-order valence-corrected chi connectivity index (χ3v) is 3.28. The molecule has 0 amide bonds. The fraction of sp³-hybridized carbons (Fsp3) is 0.889. The molecule has 1 rings (SSSR count). The summed E-state index contributed by atoms with van der Waals surface area (Å²) in [5.41, 5.74) is -0.352. The van der Waals surface area contributed by atoms with Crippen molar-refractivity contribution in [1.29, 1.82) is 0 Å². The summed E-state index contributed by atoms with van der Waals surface area (Å²) in [6.45, 7) is 6.97. The summed E-state index contributed by atoms with van der Waals surface area (Å²) in [5, 5.41) is 3.27. The highest BCUT2D eigenvalue weighted by Crippen LogP contribution is 2.36. The van der Waals surface area contributed by atoms with Gasteiger partial charge in [-0.2, -0.15) is 0 Å². The number of hydrogen-bond donors (Lipinski definition) is 1. The summed E-state index contributed by atoms with van der Waals surface area (Å²) in [4.78, 5) is 11.5. The van der Waals surface area contributed by atoms with Crippen LogP contribution in [0.5, 0.6) is 0 Å². The lowest BCUT2D eigenvalue weighted by Crippen LogP contribution is -2.41. The van der Waals surface area contributed by atoms with Crippen LogP contribution in [0.4, 0.5) is 0 Å². The minimum absolute atomic E-state index is 0.104. The topological polar surface area (TPSA) is 38.3 Å². The average molecular weight is 171 g/mol. The number of rotatable bonds is 1. The third kappa shape index (κ3) is 1.12. The van der Waals surface area contributed by atoms with Gasteiger partial charge in [0, 0.05) is 6.04 Å². The van der Waals surface area contributed by atoms with Gasteiger partial charge in [-0.1, -0.05) is 6.92 Å². The second-order valence-corrected chi connectivity index (χ2v) is 3.81. The summed E-state index contributed by atoms with van der Waals surface area (Å²) < 4.78 is 4.80. The van der Waals surface area contributed by atoms with E-state index in [1.165, 1.54) is 7.11 Å². The smallest absolute Gasteiger partial charge is 0.313 e. The van der Waals surface area contributed by atoms with Crippen LogP contribution < -0.4 is 5.32 Å². The molecule has 1 aliphatic rings. The molecule has 0 bridgehead atoms. The van der Waals surface area contributed by atoms with Crippen molar-refractivity contribution in [2.45, 2.75) is 26.8 Å². The van der Waals surface area contributed by atoms with E-state index >= 15 is 0 Å². The Kier molecular flexibility index (Phi) is 2.42. The second kappa shape index (κ2) is 3.05. The van der Waals surface area contributed by atoms with Crippen molar-refractivity contribution in [3.63, 3.8) is 0 Å². The number of methoxy groups -OCH3 is 1. The predicted molar refractivity (Wildman–Crippen MR) is 46.8 cm³/mol. The minimum atomic E-state index is -0.352. The first-order chi connectivity index (χ1) is 5.53. The Hall–Kier alpha value is -0.570. The fourth-order valence-electron chi connectivity index (χ4n) is 1.80. The minimum Gasteiger partial charge on any atom is -0.469 e. The molecule has 0 radical (unpaired) electrons. The molecule has 0 saturated carbocycles. The Morgan fingerprint density at radius 3 is 2.50 bits per heavy atom. The molecule has 0 aromatic rings. The number of ether oxygens (including phenoxy) is 1. The Bertz CT molecular complexity index is 181. The number of hydrogen-bond acceptors (Lipinski definition) is 3. The van der Waals surface area contributed by atoms with Crippen LogP contribution in [0.25, 0.3) is 0 Å². The molecule has 12 heavy (non-hydrogen) atoms.